The van der Waals surface area contributed by atoms with Gasteiger partial charge in [-0.1, -0.05) is 17.7 Å². The fraction of sp³-hybridized carbons (Fsp3) is 0.200. The lowest BCUT2D eigenvalue weighted by molar-refractivity contribution is -0.384. The third kappa shape index (κ3) is 2.89. The van der Waals surface area contributed by atoms with Crippen molar-refractivity contribution in [2.75, 3.05) is 5.32 Å². The molecule has 0 fully saturated rings. The van der Waals surface area contributed by atoms with E-state index in [4.69, 9.17) is 11.6 Å². The molecule has 0 bridgehead atoms. The number of aryl methyl sites for hydroxylation is 1. The number of rotatable bonds is 3. The molecule has 1 aliphatic carbocycles. The molecule has 1 atom stereocenters. The summed E-state index contributed by atoms with van der Waals surface area (Å²) in [5, 5.41) is 15.0. The number of non-ortho nitro benzene ring substituents is 1. The number of fused-ring (bicyclic) bond motifs is 1. The third-order valence-corrected chi connectivity index (χ3v) is 4.57. The minimum atomic E-state index is -0.401. The summed E-state index contributed by atoms with van der Waals surface area (Å²) in [4.78, 5) is 10.4. The molecule has 0 heterocycles. The molecule has 3 rings (SSSR count). The Morgan fingerprint density at radius 3 is 2.81 bits per heavy atom. The van der Waals surface area contributed by atoms with Gasteiger partial charge in [0.2, 0.25) is 0 Å². The first-order valence-corrected chi connectivity index (χ1v) is 7.70. The molecule has 1 aliphatic rings. The Morgan fingerprint density at radius 2 is 2.10 bits per heavy atom. The Balaban J connectivity index is 1.84. The van der Waals surface area contributed by atoms with Crippen LogP contribution < -0.4 is 5.32 Å². The molecule has 2 aromatic rings. The van der Waals surface area contributed by atoms with Crippen LogP contribution in [0, 0.1) is 10.1 Å². The number of anilines is 1. The van der Waals surface area contributed by atoms with E-state index in [1.54, 1.807) is 6.07 Å². The summed E-state index contributed by atoms with van der Waals surface area (Å²) in [7, 11) is 0. The molecule has 1 unspecified atom stereocenters. The average molecular weight is 368 g/mol. The second kappa shape index (κ2) is 5.66. The van der Waals surface area contributed by atoms with Gasteiger partial charge in [0, 0.05) is 27.3 Å². The number of halogens is 2. The Labute approximate surface area is 135 Å². The molecule has 21 heavy (non-hydrogen) atoms. The van der Waals surface area contributed by atoms with E-state index in [2.05, 4.69) is 21.2 Å². The average Bonchev–Trinajstić information content (AvgIpc) is 2.83. The van der Waals surface area contributed by atoms with Crippen molar-refractivity contribution in [1.82, 2.24) is 0 Å². The predicted octanol–water partition coefficient (Wildman–Crippen LogP) is 5.11. The molecule has 108 valence electrons. The summed E-state index contributed by atoms with van der Waals surface area (Å²) >= 11 is 9.40. The van der Waals surface area contributed by atoms with Crippen molar-refractivity contribution in [3.05, 3.63) is 67.1 Å². The Kier molecular flexibility index (Phi) is 3.87. The van der Waals surface area contributed by atoms with Crippen molar-refractivity contribution >= 4 is 38.9 Å². The molecular formula is C15H12BrClN2O2. The fourth-order valence-corrected chi connectivity index (χ4v) is 3.33. The maximum atomic E-state index is 10.8. The van der Waals surface area contributed by atoms with Crippen molar-refractivity contribution in [2.45, 2.75) is 18.9 Å². The summed E-state index contributed by atoms with van der Waals surface area (Å²) in [6.07, 6.45) is 1.97. The zero-order valence-corrected chi connectivity index (χ0v) is 13.3. The molecule has 0 spiro atoms. The minimum Gasteiger partial charge on any atom is -0.377 e. The second-order valence-corrected chi connectivity index (χ2v) is 6.29. The molecule has 0 amide bonds. The lowest BCUT2D eigenvalue weighted by atomic mass is 10.1. The van der Waals surface area contributed by atoms with Crippen molar-refractivity contribution in [2.24, 2.45) is 0 Å². The smallest absolute Gasteiger partial charge is 0.270 e. The molecule has 2 aromatic carbocycles. The van der Waals surface area contributed by atoms with Gasteiger partial charge in [-0.05, 0) is 58.1 Å². The number of nitrogens with zero attached hydrogens (tertiary/aromatic N) is 1. The highest BCUT2D eigenvalue weighted by atomic mass is 79.9. The summed E-state index contributed by atoms with van der Waals surface area (Å²) in [5.74, 6) is 0. The standard InChI is InChI=1S/C15H12BrClN2O2/c16-13-8-11(19(20)21)3-6-15(13)18-14-5-1-9-7-10(17)2-4-12(9)14/h2-4,6-8,14,18H,1,5H2. The van der Waals surface area contributed by atoms with Crippen LogP contribution in [-0.4, -0.2) is 4.92 Å². The molecule has 0 aliphatic heterocycles. The van der Waals surface area contributed by atoms with E-state index < -0.39 is 4.92 Å². The van der Waals surface area contributed by atoms with E-state index in [0.717, 1.165) is 23.6 Å². The second-order valence-electron chi connectivity index (χ2n) is 5.00. The zero-order chi connectivity index (χ0) is 15.0. The lowest BCUT2D eigenvalue weighted by Crippen LogP contribution is -2.07. The quantitative estimate of drug-likeness (QED) is 0.606. The van der Waals surface area contributed by atoms with E-state index in [1.165, 1.54) is 23.3 Å². The van der Waals surface area contributed by atoms with Crippen molar-refractivity contribution in [1.29, 1.82) is 0 Å². The highest BCUT2D eigenvalue weighted by Crippen LogP contribution is 2.37. The van der Waals surface area contributed by atoms with Gasteiger partial charge in [0.25, 0.3) is 5.69 Å². The van der Waals surface area contributed by atoms with Gasteiger partial charge < -0.3 is 5.32 Å². The zero-order valence-electron chi connectivity index (χ0n) is 11.0. The molecule has 1 N–H and O–H groups in total. The Morgan fingerprint density at radius 1 is 1.29 bits per heavy atom. The van der Waals surface area contributed by atoms with E-state index in [9.17, 15) is 10.1 Å². The first-order valence-electron chi connectivity index (χ1n) is 6.53. The Hall–Kier alpha value is -1.59. The van der Waals surface area contributed by atoms with Gasteiger partial charge in [0.1, 0.15) is 0 Å². The number of nitrogens with one attached hydrogen (secondary N) is 1. The van der Waals surface area contributed by atoms with Crippen molar-refractivity contribution in [3.8, 4) is 0 Å². The fourth-order valence-electron chi connectivity index (χ4n) is 2.66. The van der Waals surface area contributed by atoms with Gasteiger partial charge in [-0.3, -0.25) is 10.1 Å². The number of hydrogen-bond acceptors (Lipinski definition) is 3. The number of nitro groups is 1. The highest BCUT2D eigenvalue weighted by Gasteiger charge is 2.23. The molecule has 0 aromatic heterocycles. The lowest BCUT2D eigenvalue weighted by Gasteiger charge is -2.16. The summed E-state index contributed by atoms with van der Waals surface area (Å²) in [6.45, 7) is 0. The van der Waals surface area contributed by atoms with Gasteiger partial charge in [-0.25, -0.2) is 0 Å². The topological polar surface area (TPSA) is 55.2 Å². The van der Waals surface area contributed by atoms with Crippen LogP contribution in [0.25, 0.3) is 0 Å². The van der Waals surface area contributed by atoms with Crippen LogP contribution in [-0.2, 0) is 6.42 Å². The number of hydrogen-bond donors (Lipinski definition) is 1. The normalized spacial score (nSPS) is 16.6. The SMILES string of the molecule is O=[N+]([O-])c1ccc(NC2CCc3cc(Cl)ccc32)c(Br)c1. The van der Waals surface area contributed by atoms with Crippen LogP contribution in [0.4, 0.5) is 11.4 Å². The monoisotopic (exact) mass is 366 g/mol. The first kappa shape index (κ1) is 14.4. The van der Waals surface area contributed by atoms with E-state index in [0.29, 0.717) is 4.47 Å². The summed E-state index contributed by atoms with van der Waals surface area (Å²) in [6, 6.07) is 10.9. The minimum absolute atomic E-state index is 0.0750. The van der Waals surface area contributed by atoms with Crippen molar-refractivity contribution < 1.29 is 4.92 Å². The highest BCUT2D eigenvalue weighted by molar-refractivity contribution is 9.10. The molecule has 0 radical (unpaired) electrons. The van der Waals surface area contributed by atoms with Gasteiger partial charge in [0.05, 0.1) is 11.0 Å². The maximum Gasteiger partial charge on any atom is 0.270 e. The maximum absolute atomic E-state index is 10.8. The first-order chi connectivity index (χ1) is 10.0. The predicted molar refractivity (Wildman–Crippen MR) is 86.9 cm³/mol. The van der Waals surface area contributed by atoms with Crippen molar-refractivity contribution in [3.63, 3.8) is 0 Å². The molecular weight excluding hydrogens is 356 g/mol. The van der Waals surface area contributed by atoms with Crippen LogP contribution in [0.2, 0.25) is 5.02 Å². The van der Waals surface area contributed by atoms with Gasteiger partial charge in [0.15, 0.2) is 0 Å². The molecule has 4 nitrogen and oxygen atoms in total. The molecule has 0 saturated carbocycles. The molecule has 6 heteroatoms. The largest absolute Gasteiger partial charge is 0.377 e. The summed E-state index contributed by atoms with van der Waals surface area (Å²) < 4.78 is 0.694. The van der Waals surface area contributed by atoms with Gasteiger partial charge in [-0.2, -0.15) is 0 Å². The van der Waals surface area contributed by atoms with E-state index in [1.807, 2.05) is 18.2 Å². The van der Waals surface area contributed by atoms with Crippen LogP contribution in [0.5, 0.6) is 0 Å². The van der Waals surface area contributed by atoms with Crippen LogP contribution in [0.1, 0.15) is 23.6 Å². The summed E-state index contributed by atoms with van der Waals surface area (Å²) in [5.41, 5.74) is 3.43. The Bertz CT molecular complexity index is 721. The van der Waals surface area contributed by atoms with Gasteiger partial charge in [-0.15, -0.1) is 0 Å². The van der Waals surface area contributed by atoms with Crippen LogP contribution in [0.3, 0.4) is 0 Å². The van der Waals surface area contributed by atoms with Crippen LogP contribution >= 0.6 is 27.5 Å². The van der Waals surface area contributed by atoms with Gasteiger partial charge >= 0.3 is 0 Å². The van der Waals surface area contributed by atoms with E-state index >= 15 is 0 Å². The van der Waals surface area contributed by atoms with E-state index in [-0.39, 0.29) is 11.7 Å². The van der Waals surface area contributed by atoms with Crippen LogP contribution in [0.15, 0.2) is 40.9 Å². The number of benzene rings is 2. The third-order valence-electron chi connectivity index (χ3n) is 3.68. The molecule has 0 saturated heterocycles. The number of nitro benzene ring substituents is 1.